The molecule has 240 valence electrons. The van der Waals surface area contributed by atoms with Gasteiger partial charge in [-0.15, -0.1) is 0 Å². The molecule has 0 aromatic carbocycles. The highest BCUT2D eigenvalue weighted by molar-refractivity contribution is 7.88. The molecule has 2 spiro atoms. The molecule has 2 fully saturated rings. The molecule has 0 aromatic heterocycles. The van der Waals surface area contributed by atoms with Crippen LogP contribution in [0.15, 0.2) is 59.0 Å². The summed E-state index contributed by atoms with van der Waals surface area (Å²) >= 11 is 0. The standard InChI is InChI=1S/C29H36N2O12S/c1-6-17(3)30-22(32)20(23(33)31(18(4)7-2)44(30,38)39)11-9-8-10-12-21-26(36)42-29(43-27(21)37)15-13-28(14-16-29)40-24(34)19(5)25(35)41-28/h8-12,17-18,34,36H,6-7,13-16H2,1-5H3. The maximum Gasteiger partial charge on any atom is 0.348 e. The molecule has 15 heteroatoms. The number of hydrogen-bond donors (Lipinski definition) is 2. The molecule has 0 bridgehead atoms. The lowest BCUT2D eigenvalue weighted by Gasteiger charge is -2.46. The van der Waals surface area contributed by atoms with Crippen molar-refractivity contribution in [2.24, 2.45) is 0 Å². The summed E-state index contributed by atoms with van der Waals surface area (Å²) in [7, 11) is -4.36. The molecule has 4 aliphatic rings. The number of ether oxygens (including phenoxy) is 4. The number of carbonyl (C=O) groups is 4. The molecule has 3 aliphatic heterocycles. The van der Waals surface area contributed by atoms with Crippen LogP contribution in [-0.2, 0) is 48.3 Å². The Labute approximate surface area is 255 Å². The van der Waals surface area contributed by atoms with Gasteiger partial charge in [0.2, 0.25) is 0 Å². The van der Waals surface area contributed by atoms with Gasteiger partial charge in [-0.25, -0.2) is 18.2 Å². The lowest BCUT2D eigenvalue weighted by molar-refractivity contribution is -0.303. The molecule has 0 radical (unpaired) electrons. The molecule has 0 aromatic rings. The van der Waals surface area contributed by atoms with E-state index in [1.807, 2.05) is 0 Å². The molecule has 1 saturated heterocycles. The van der Waals surface area contributed by atoms with Gasteiger partial charge >= 0.3 is 22.1 Å². The number of esters is 2. The SMILES string of the molecule is CCC(C)N1C(=O)C(=CC=CC=CC2=C(O)OC3(CCC4(CC3)OC(=O)C(C)=C(O)O4)OC2=O)C(=O)N(C(C)CC)S1(=O)=O. The third kappa shape index (κ3) is 5.79. The van der Waals surface area contributed by atoms with Crippen LogP contribution in [0.4, 0.5) is 0 Å². The molecule has 44 heavy (non-hydrogen) atoms. The maximum absolute atomic E-state index is 13.2. The number of rotatable bonds is 7. The van der Waals surface area contributed by atoms with Gasteiger partial charge in [0.05, 0.1) is 0 Å². The fourth-order valence-electron chi connectivity index (χ4n) is 5.06. The minimum absolute atomic E-state index is 0.00795. The summed E-state index contributed by atoms with van der Waals surface area (Å²) in [5.41, 5.74) is -0.702. The van der Waals surface area contributed by atoms with E-state index in [2.05, 4.69) is 0 Å². The average Bonchev–Trinajstić information content (AvgIpc) is 2.95. The minimum atomic E-state index is -4.36. The molecule has 1 saturated carbocycles. The minimum Gasteiger partial charge on any atom is -0.481 e. The normalized spacial score (nSPS) is 24.5. The van der Waals surface area contributed by atoms with Gasteiger partial charge < -0.3 is 29.2 Å². The van der Waals surface area contributed by atoms with Gasteiger partial charge in [-0.3, -0.25) is 9.59 Å². The van der Waals surface area contributed by atoms with E-state index < -0.39 is 69.5 Å². The third-order valence-corrected chi connectivity index (χ3v) is 10.1. The first-order valence-electron chi connectivity index (χ1n) is 14.3. The Bertz CT molecular complexity index is 1470. The first kappa shape index (κ1) is 32.6. The Morgan fingerprint density at radius 1 is 0.773 bits per heavy atom. The van der Waals surface area contributed by atoms with Crippen LogP contribution in [0, 0.1) is 0 Å². The largest absolute Gasteiger partial charge is 0.481 e. The molecular formula is C29H36N2O12S. The van der Waals surface area contributed by atoms with Gasteiger partial charge in [-0.05, 0) is 45.8 Å². The smallest absolute Gasteiger partial charge is 0.348 e. The van der Waals surface area contributed by atoms with Gasteiger partial charge in [0.1, 0.15) is 16.7 Å². The van der Waals surface area contributed by atoms with Crippen molar-refractivity contribution in [1.29, 1.82) is 0 Å². The van der Waals surface area contributed by atoms with E-state index in [0.717, 1.165) is 8.61 Å². The maximum atomic E-state index is 13.2. The predicted molar refractivity (Wildman–Crippen MR) is 152 cm³/mol. The zero-order valence-corrected chi connectivity index (χ0v) is 25.9. The lowest BCUT2D eigenvalue weighted by atomic mass is 9.87. The van der Waals surface area contributed by atoms with Gasteiger partial charge in [-0.1, -0.05) is 32.1 Å². The van der Waals surface area contributed by atoms with Gasteiger partial charge in [0, 0.05) is 37.8 Å². The Hall–Kier alpha value is -4.27. The summed E-state index contributed by atoms with van der Waals surface area (Å²) in [4.78, 5) is 51.0. The van der Waals surface area contributed by atoms with E-state index in [9.17, 15) is 37.8 Å². The Morgan fingerprint density at radius 2 is 1.25 bits per heavy atom. The highest BCUT2D eigenvalue weighted by Crippen LogP contribution is 2.46. The van der Waals surface area contributed by atoms with E-state index in [1.54, 1.807) is 27.7 Å². The molecule has 1 aliphatic carbocycles. The van der Waals surface area contributed by atoms with Gasteiger partial charge in [0.25, 0.3) is 35.3 Å². The van der Waals surface area contributed by atoms with E-state index >= 15 is 0 Å². The molecule has 2 amide bonds. The van der Waals surface area contributed by atoms with Crippen LogP contribution < -0.4 is 0 Å². The number of amides is 2. The second-order valence-corrected chi connectivity index (χ2v) is 12.7. The highest BCUT2D eigenvalue weighted by atomic mass is 32.2. The second-order valence-electron chi connectivity index (χ2n) is 11.0. The van der Waals surface area contributed by atoms with Crippen LogP contribution in [-0.4, -0.2) is 74.7 Å². The van der Waals surface area contributed by atoms with Crippen LogP contribution in [0.2, 0.25) is 0 Å². The van der Waals surface area contributed by atoms with Crippen molar-refractivity contribution >= 4 is 34.0 Å². The summed E-state index contributed by atoms with van der Waals surface area (Å²) in [5.74, 6) is -7.69. The van der Waals surface area contributed by atoms with Crippen LogP contribution in [0.3, 0.4) is 0 Å². The number of aliphatic hydroxyl groups excluding tert-OH is 2. The number of nitrogens with zero attached hydrogens (tertiary/aromatic N) is 2. The highest BCUT2D eigenvalue weighted by Gasteiger charge is 2.55. The Morgan fingerprint density at radius 3 is 1.70 bits per heavy atom. The topological polar surface area (TPSA) is 186 Å². The van der Waals surface area contributed by atoms with Crippen LogP contribution in [0.5, 0.6) is 0 Å². The van der Waals surface area contributed by atoms with Crippen LogP contribution in [0.25, 0.3) is 0 Å². The summed E-state index contributed by atoms with van der Waals surface area (Å²) in [6, 6.07) is -1.36. The van der Waals surface area contributed by atoms with Crippen LogP contribution in [0.1, 0.15) is 73.1 Å². The fraction of sp³-hybridized carbons (Fsp3) is 0.517. The quantitative estimate of drug-likeness (QED) is 0.180. The van der Waals surface area contributed by atoms with Crippen molar-refractivity contribution in [1.82, 2.24) is 8.61 Å². The van der Waals surface area contributed by atoms with E-state index in [0.29, 0.717) is 12.8 Å². The zero-order chi connectivity index (χ0) is 32.6. The van der Waals surface area contributed by atoms with Crippen molar-refractivity contribution in [2.75, 3.05) is 0 Å². The summed E-state index contributed by atoms with van der Waals surface area (Å²) < 4.78 is 49.6. The number of allylic oxidation sites excluding steroid dienone is 4. The monoisotopic (exact) mass is 636 g/mol. The summed E-state index contributed by atoms with van der Waals surface area (Å²) in [5, 5.41) is 20.4. The van der Waals surface area contributed by atoms with Crippen molar-refractivity contribution in [3.63, 3.8) is 0 Å². The second kappa shape index (κ2) is 12.0. The van der Waals surface area contributed by atoms with Crippen LogP contribution >= 0.6 is 0 Å². The number of aliphatic hydroxyl groups is 2. The molecule has 2 N–H and O–H groups in total. The first-order valence-corrected chi connectivity index (χ1v) is 15.7. The fourth-order valence-corrected chi connectivity index (χ4v) is 7.07. The predicted octanol–water partition coefficient (Wildman–Crippen LogP) is 3.21. The van der Waals surface area contributed by atoms with Crippen molar-refractivity contribution in [2.45, 2.75) is 96.8 Å². The van der Waals surface area contributed by atoms with Crippen molar-refractivity contribution < 1.29 is 56.8 Å². The molecule has 4 rings (SSSR count). The average molecular weight is 637 g/mol. The van der Waals surface area contributed by atoms with Gasteiger partial charge in [0.15, 0.2) is 0 Å². The van der Waals surface area contributed by atoms with E-state index in [4.69, 9.17) is 18.9 Å². The first-order chi connectivity index (χ1) is 20.6. The number of hydrogen-bond acceptors (Lipinski definition) is 12. The molecule has 14 nitrogen and oxygen atoms in total. The lowest BCUT2D eigenvalue weighted by Crippen LogP contribution is -2.60. The molecule has 3 heterocycles. The van der Waals surface area contributed by atoms with E-state index in [-0.39, 0.29) is 42.4 Å². The summed E-state index contributed by atoms with van der Waals surface area (Å²) in [6.45, 7) is 7.98. The zero-order valence-electron chi connectivity index (χ0n) is 25.1. The number of carbonyl (C=O) groups excluding carboxylic acids is 4. The van der Waals surface area contributed by atoms with E-state index in [1.165, 1.54) is 37.3 Å². The third-order valence-electron chi connectivity index (χ3n) is 8.06. The molecule has 2 unspecified atom stereocenters. The Balaban J connectivity index is 1.48. The molecule has 2 atom stereocenters. The van der Waals surface area contributed by atoms with Gasteiger partial charge in [-0.2, -0.15) is 8.42 Å². The molecular weight excluding hydrogens is 600 g/mol. The summed E-state index contributed by atoms with van der Waals surface area (Å²) in [6.07, 6.45) is 7.14. The Kier molecular flexibility index (Phi) is 8.92. The van der Waals surface area contributed by atoms with Crippen molar-refractivity contribution in [3.05, 3.63) is 59.0 Å². The van der Waals surface area contributed by atoms with Crippen molar-refractivity contribution in [3.8, 4) is 0 Å².